The van der Waals surface area contributed by atoms with E-state index in [1.165, 1.54) is 6.92 Å². The quantitative estimate of drug-likeness (QED) is 0.654. The van der Waals surface area contributed by atoms with Gasteiger partial charge in [-0.15, -0.1) is 0 Å². The second-order valence-corrected chi connectivity index (χ2v) is 6.41. The molecule has 2 amide bonds. The maximum atomic E-state index is 12.2. The van der Waals surface area contributed by atoms with Crippen LogP contribution in [0.15, 0.2) is 42.5 Å². The molecule has 0 spiro atoms. The molecule has 0 bridgehead atoms. The van der Waals surface area contributed by atoms with E-state index in [9.17, 15) is 14.7 Å². The second-order valence-electron chi connectivity index (χ2n) is 6.41. The van der Waals surface area contributed by atoms with Gasteiger partial charge in [0.1, 0.15) is 11.4 Å². The van der Waals surface area contributed by atoms with Crippen molar-refractivity contribution in [1.82, 2.24) is 5.32 Å². The molecule has 3 rings (SSSR count). The molecule has 2 aromatic carbocycles. The first-order valence-corrected chi connectivity index (χ1v) is 8.84. The normalized spacial score (nSPS) is 14.1. The smallest absolute Gasteiger partial charge is 0.313 e. The van der Waals surface area contributed by atoms with E-state index in [4.69, 9.17) is 14.2 Å². The van der Waals surface area contributed by atoms with Crippen LogP contribution in [0.1, 0.15) is 19.4 Å². The predicted octanol–water partition coefficient (Wildman–Crippen LogP) is 1.78. The van der Waals surface area contributed by atoms with Crippen LogP contribution in [0.25, 0.3) is 0 Å². The van der Waals surface area contributed by atoms with Crippen molar-refractivity contribution in [2.45, 2.75) is 19.4 Å². The molecule has 0 unspecified atom stereocenters. The molecule has 2 aromatic rings. The highest BCUT2D eigenvalue weighted by Crippen LogP contribution is 2.35. The van der Waals surface area contributed by atoms with Gasteiger partial charge in [0.25, 0.3) is 0 Å². The van der Waals surface area contributed by atoms with Gasteiger partial charge in [-0.2, -0.15) is 0 Å². The van der Waals surface area contributed by atoms with Gasteiger partial charge in [0, 0.05) is 0 Å². The molecule has 1 aliphatic heterocycles. The Hall–Kier alpha value is -3.26. The Balaban J connectivity index is 1.60. The molecule has 8 nitrogen and oxygen atoms in total. The molecule has 0 saturated carbocycles. The molecule has 1 aliphatic rings. The predicted molar refractivity (Wildman–Crippen MR) is 101 cm³/mol. The first-order chi connectivity index (χ1) is 13.4. The van der Waals surface area contributed by atoms with Crippen LogP contribution in [-0.2, 0) is 15.2 Å². The fourth-order valence-corrected chi connectivity index (χ4v) is 2.70. The van der Waals surface area contributed by atoms with Crippen molar-refractivity contribution in [2.75, 3.05) is 25.3 Å². The van der Waals surface area contributed by atoms with Gasteiger partial charge in [-0.05, 0) is 43.7 Å². The van der Waals surface area contributed by atoms with Gasteiger partial charge in [-0.25, -0.2) is 0 Å². The summed E-state index contributed by atoms with van der Waals surface area (Å²) in [7, 11) is 0. The van der Waals surface area contributed by atoms with Gasteiger partial charge in [0.05, 0.1) is 18.8 Å². The molecule has 0 saturated heterocycles. The molecule has 0 aliphatic carbocycles. The fourth-order valence-electron chi connectivity index (χ4n) is 2.70. The van der Waals surface area contributed by atoms with Crippen LogP contribution in [-0.4, -0.2) is 36.9 Å². The number of ether oxygens (including phenoxy) is 3. The van der Waals surface area contributed by atoms with Crippen molar-refractivity contribution in [3.05, 3.63) is 48.0 Å². The monoisotopic (exact) mass is 386 g/mol. The average Bonchev–Trinajstić information content (AvgIpc) is 3.15. The van der Waals surface area contributed by atoms with E-state index in [1.807, 2.05) is 6.92 Å². The van der Waals surface area contributed by atoms with E-state index < -0.39 is 17.4 Å². The van der Waals surface area contributed by atoms with E-state index in [0.717, 1.165) is 0 Å². The third-order valence-electron chi connectivity index (χ3n) is 4.23. The number of carbonyl (C=O) groups excluding carboxylic acids is 2. The van der Waals surface area contributed by atoms with Crippen LogP contribution in [0.2, 0.25) is 0 Å². The summed E-state index contributed by atoms with van der Waals surface area (Å²) < 4.78 is 16.0. The lowest BCUT2D eigenvalue weighted by molar-refractivity contribution is -0.136. The number of fused-ring (bicyclic) bond motifs is 1. The largest absolute Gasteiger partial charge is 0.492 e. The summed E-state index contributed by atoms with van der Waals surface area (Å²) in [6.45, 7) is 3.75. The first-order valence-electron chi connectivity index (χ1n) is 8.84. The minimum absolute atomic E-state index is 0.126. The van der Waals surface area contributed by atoms with Crippen molar-refractivity contribution < 1.29 is 28.9 Å². The number of para-hydroxylation sites is 2. The number of nitrogens with one attached hydrogen (secondary N) is 2. The standard InChI is InChI=1S/C20H22N2O6/c1-3-26-15-7-5-4-6-14(15)22-19(24)18(23)21-11-20(2,25)13-8-9-16-17(10-13)28-12-27-16/h4-10,25H,3,11-12H2,1-2H3,(H,21,23)(H,22,24)/t20-/m1/s1. The lowest BCUT2D eigenvalue weighted by atomic mass is 9.95. The molecule has 1 atom stereocenters. The third-order valence-corrected chi connectivity index (χ3v) is 4.23. The van der Waals surface area contributed by atoms with Crippen molar-refractivity contribution in [3.63, 3.8) is 0 Å². The van der Waals surface area contributed by atoms with Crippen molar-refractivity contribution in [3.8, 4) is 17.2 Å². The van der Waals surface area contributed by atoms with Crippen LogP contribution in [0.4, 0.5) is 5.69 Å². The van der Waals surface area contributed by atoms with Gasteiger partial charge in [0.2, 0.25) is 6.79 Å². The molecule has 3 N–H and O–H groups in total. The van der Waals surface area contributed by atoms with Crippen LogP contribution in [0.5, 0.6) is 17.2 Å². The van der Waals surface area contributed by atoms with Crippen molar-refractivity contribution in [1.29, 1.82) is 0 Å². The molecule has 148 valence electrons. The summed E-state index contributed by atoms with van der Waals surface area (Å²) in [6.07, 6.45) is 0. The SMILES string of the molecule is CCOc1ccccc1NC(=O)C(=O)NC[C@@](C)(O)c1ccc2c(c1)OCO2. The maximum absolute atomic E-state index is 12.2. The van der Waals surface area contributed by atoms with E-state index in [1.54, 1.807) is 42.5 Å². The Kier molecular flexibility index (Phi) is 5.70. The Morgan fingerprint density at radius 2 is 1.89 bits per heavy atom. The summed E-state index contributed by atoms with van der Waals surface area (Å²) in [5.74, 6) is -0.134. The molecule has 0 aromatic heterocycles. The zero-order valence-corrected chi connectivity index (χ0v) is 15.7. The Labute approximate surface area is 162 Å². The van der Waals surface area contributed by atoms with Gasteiger partial charge in [0.15, 0.2) is 11.5 Å². The zero-order valence-electron chi connectivity index (χ0n) is 15.7. The summed E-state index contributed by atoms with van der Waals surface area (Å²) >= 11 is 0. The van der Waals surface area contributed by atoms with E-state index in [2.05, 4.69) is 10.6 Å². The highest BCUT2D eigenvalue weighted by molar-refractivity contribution is 6.39. The van der Waals surface area contributed by atoms with Crippen molar-refractivity contribution >= 4 is 17.5 Å². The number of hydrogen-bond acceptors (Lipinski definition) is 6. The molecule has 28 heavy (non-hydrogen) atoms. The van der Waals surface area contributed by atoms with Gasteiger partial charge < -0.3 is 30.0 Å². The van der Waals surface area contributed by atoms with Crippen LogP contribution in [0.3, 0.4) is 0 Å². The van der Waals surface area contributed by atoms with Gasteiger partial charge in [-0.1, -0.05) is 18.2 Å². The summed E-state index contributed by atoms with van der Waals surface area (Å²) in [5.41, 5.74) is -0.480. The Morgan fingerprint density at radius 3 is 2.68 bits per heavy atom. The Bertz CT molecular complexity index is 881. The lowest BCUT2D eigenvalue weighted by Crippen LogP contribution is -2.43. The third kappa shape index (κ3) is 4.34. The topological polar surface area (TPSA) is 106 Å². The van der Waals surface area contributed by atoms with Crippen LogP contribution < -0.4 is 24.8 Å². The number of amides is 2. The van der Waals surface area contributed by atoms with E-state index >= 15 is 0 Å². The molecule has 0 radical (unpaired) electrons. The summed E-state index contributed by atoms with van der Waals surface area (Å²) in [4.78, 5) is 24.3. The minimum atomic E-state index is -1.40. The number of anilines is 1. The number of carbonyl (C=O) groups is 2. The molecular formula is C20H22N2O6. The number of rotatable bonds is 6. The van der Waals surface area contributed by atoms with Gasteiger partial charge in [-0.3, -0.25) is 9.59 Å². The lowest BCUT2D eigenvalue weighted by Gasteiger charge is -2.24. The van der Waals surface area contributed by atoms with Crippen molar-refractivity contribution in [2.24, 2.45) is 0 Å². The Morgan fingerprint density at radius 1 is 1.14 bits per heavy atom. The average molecular weight is 386 g/mol. The number of benzene rings is 2. The highest BCUT2D eigenvalue weighted by Gasteiger charge is 2.28. The zero-order chi connectivity index (χ0) is 20.1. The van der Waals surface area contributed by atoms with E-state index in [0.29, 0.717) is 35.1 Å². The highest BCUT2D eigenvalue weighted by atomic mass is 16.7. The number of hydrogen-bond donors (Lipinski definition) is 3. The molecular weight excluding hydrogens is 364 g/mol. The second kappa shape index (κ2) is 8.18. The molecule has 1 heterocycles. The number of aliphatic hydroxyl groups is 1. The van der Waals surface area contributed by atoms with E-state index in [-0.39, 0.29) is 13.3 Å². The van der Waals surface area contributed by atoms with Crippen LogP contribution in [0, 0.1) is 0 Å². The van der Waals surface area contributed by atoms with Crippen LogP contribution >= 0.6 is 0 Å². The minimum Gasteiger partial charge on any atom is -0.492 e. The first kappa shape index (κ1) is 19.5. The maximum Gasteiger partial charge on any atom is 0.313 e. The summed E-state index contributed by atoms with van der Waals surface area (Å²) in [6, 6.07) is 11.8. The van der Waals surface area contributed by atoms with Gasteiger partial charge >= 0.3 is 11.8 Å². The molecule has 8 heteroatoms. The fraction of sp³-hybridized carbons (Fsp3) is 0.300. The summed E-state index contributed by atoms with van der Waals surface area (Å²) in [5, 5.41) is 15.6. The molecule has 0 fully saturated rings.